The summed E-state index contributed by atoms with van der Waals surface area (Å²) in [6.07, 6.45) is 1.81. The Hall–Kier alpha value is -1.63. The molecule has 1 rings (SSSR count). The minimum absolute atomic E-state index is 0.117. The Balaban J connectivity index is 2.20. The fourth-order valence-corrected chi connectivity index (χ4v) is 1.11. The van der Waals surface area contributed by atoms with Gasteiger partial charge in [-0.1, -0.05) is 0 Å². The zero-order valence-corrected chi connectivity index (χ0v) is 10.9. The number of hydrogen-bond donors (Lipinski definition) is 3. The molecule has 0 atom stereocenters. The second-order valence-electron chi connectivity index (χ2n) is 4.76. The lowest BCUT2D eigenvalue weighted by Crippen LogP contribution is -2.51. The molecule has 102 valence electrons. The van der Waals surface area contributed by atoms with E-state index in [0.29, 0.717) is 0 Å². The van der Waals surface area contributed by atoms with E-state index in [1.807, 2.05) is 18.7 Å². The lowest BCUT2D eigenvalue weighted by molar-refractivity contribution is -0.141. The zero-order valence-electron chi connectivity index (χ0n) is 10.9. The Morgan fingerprint density at radius 2 is 1.78 bits per heavy atom. The summed E-state index contributed by atoms with van der Waals surface area (Å²) in [7, 11) is 1.80. The fourth-order valence-electron chi connectivity index (χ4n) is 1.11. The van der Waals surface area contributed by atoms with Gasteiger partial charge in [0.2, 0.25) is 0 Å². The highest BCUT2D eigenvalue weighted by atomic mass is 16.2. The summed E-state index contributed by atoms with van der Waals surface area (Å²) in [4.78, 5) is 35.8. The molecule has 0 aromatic carbocycles. The molecule has 0 aliphatic heterocycles. The van der Waals surface area contributed by atoms with Crippen molar-refractivity contribution in [3.63, 3.8) is 0 Å². The van der Waals surface area contributed by atoms with E-state index >= 15 is 0 Å². The third-order valence-electron chi connectivity index (χ3n) is 2.71. The van der Waals surface area contributed by atoms with Crippen LogP contribution in [0.4, 0.5) is 0 Å². The van der Waals surface area contributed by atoms with Gasteiger partial charge in [-0.2, -0.15) is 0 Å². The number of carbonyl (C=O) groups is 3. The molecule has 1 fully saturated rings. The second kappa shape index (κ2) is 6.34. The van der Waals surface area contributed by atoms with Crippen molar-refractivity contribution >= 4 is 17.7 Å². The van der Waals surface area contributed by atoms with Crippen LogP contribution < -0.4 is 16.2 Å². The number of carbonyl (C=O) groups excluding carboxylic acids is 3. The first kappa shape index (κ1) is 14.4. The van der Waals surface area contributed by atoms with Gasteiger partial charge in [0.15, 0.2) is 0 Å². The second-order valence-corrected chi connectivity index (χ2v) is 4.76. The van der Waals surface area contributed by atoms with Gasteiger partial charge in [-0.25, -0.2) is 0 Å². The third-order valence-corrected chi connectivity index (χ3v) is 2.71. The summed E-state index contributed by atoms with van der Waals surface area (Å²) < 4.78 is 0. The van der Waals surface area contributed by atoms with Gasteiger partial charge < -0.3 is 5.32 Å². The van der Waals surface area contributed by atoms with E-state index < -0.39 is 11.8 Å². The number of hydrogen-bond acceptors (Lipinski definition) is 4. The van der Waals surface area contributed by atoms with Gasteiger partial charge in [-0.05, 0) is 33.7 Å². The van der Waals surface area contributed by atoms with Crippen LogP contribution in [-0.4, -0.2) is 48.3 Å². The molecular weight excluding hydrogens is 236 g/mol. The van der Waals surface area contributed by atoms with Crippen molar-refractivity contribution in [2.45, 2.75) is 38.8 Å². The molecule has 18 heavy (non-hydrogen) atoms. The Bertz CT molecular complexity index is 339. The molecule has 0 spiro atoms. The van der Waals surface area contributed by atoms with E-state index in [1.165, 1.54) is 0 Å². The van der Waals surface area contributed by atoms with E-state index in [0.717, 1.165) is 12.8 Å². The molecule has 7 nitrogen and oxygen atoms in total. The first-order valence-electron chi connectivity index (χ1n) is 6.00. The topological polar surface area (TPSA) is 90.5 Å². The molecule has 0 radical (unpaired) electrons. The molecule has 1 saturated carbocycles. The number of likely N-dealkylation sites (N-methyl/N-ethyl adjacent to an activating group) is 1. The van der Waals surface area contributed by atoms with Gasteiger partial charge in [-0.15, -0.1) is 0 Å². The van der Waals surface area contributed by atoms with Crippen LogP contribution in [0.25, 0.3) is 0 Å². The van der Waals surface area contributed by atoms with Crippen molar-refractivity contribution < 1.29 is 14.4 Å². The van der Waals surface area contributed by atoms with E-state index in [-0.39, 0.29) is 24.5 Å². The van der Waals surface area contributed by atoms with Crippen molar-refractivity contribution in [3.05, 3.63) is 0 Å². The van der Waals surface area contributed by atoms with Crippen LogP contribution in [0.1, 0.15) is 26.7 Å². The number of nitrogens with one attached hydrogen (secondary N) is 3. The summed E-state index contributed by atoms with van der Waals surface area (Å²) in [6, 6.07) is 0.343. The SMILES string of the molecule is CC(C)N(C)CC(=O)NNC(=O)C(=O)NC1CC1. The number of hydrazine groups is 1. The first-order valence-corrected chi connectivity index (χ1v) is 6.00. The maximum Gasteiger partial charge on any atom is 0.327 e. The molecule has 0 bridgehead atoms. The minimum Gasteiger partial charge on any atom is -0.345 e. The minimum atomic E-state index is -0.845. The Morgan fingerprint density at radius 1 is 1.17 bits per heavy atom. The summed E-state index contributed by atoms with van der Waals surface area (Å²) in [5.41, 5.74) is 4.28. The summed E-state index contributed by atoms with van der Waals surface area (Å²) >= 11 is 0. The highest BCUT2D eigenvalue weighted by molar-refractivity contribution is 6.35. The lowest BCUT2D eigenvalue weighted by Gasteiger charge is -2.20. The van der Waals surface area contributed by atoms with Gasteiger partial charge in [-0.3, -0.25) is 30.1 Å². The average molecular weight is 256 g/mol. The molecule has 3 N–H and O–H groups in total. The van der Waals surface area contributed by atoms with Gasteiger partial charge in [0.25, 0.3) is 5.91 Å². The highest BCUT2D eigenvalue weighted by Crippen LogP contribution is 2.18. The Morgan fingerprint density at radius 3 is 2.28 bits per heavy atom. The van der Waals surface area contributed by atoms with Crippen LogP contribution in [0.3, 0.4) is 0 Å². The maximum absolute atomic E-state index is 11.4. The molecule has 0 unspecified atom stereocenters. The van der Waals surface area contributed by atoms with Crippen LogP contribution in [0.2, 0.25) is 0 Å². The van der Waals surface area contributed by atoms with Crippen molar-refractivity contribution in [3.8, 4) is 0 Å². The molecule has 0 saturated heterocycles. The van der Waals surface area contributed by atoms with E-state index in [9.17, 15) is 14.4 Å². The predicted octanol–water partition coefficient (Wildman–Crippen LogP) is -1.25. The van der Waals surface area contributed by atoms with Crippen molar-refractivity contribution in [1.29, 1.82) is 0 Å². The van der Waals surface area contributed by atoms with Gasteiger partial charge in [0.1, 0.15) is 0 Å². The van der Waals surface area contributed by atoms with Crippen LogP contribution in [0.15, 0.2) is 0 Å². The van der Waals surface area contributed by atoms with Gasteiger partial charge in [0, 0.05) is 12.1 Å². The molecule has 0 heterocycles. The van der Waals surface area contributed by atoms with E-state index in [2.05, 4.69) is 16.2 Å². The van der Waals surface area contributed by atoms with E-state index in [4.69, 9.17) is 0 Å². The fraction of sp³-hybridized carbons (Fsp3) is 0.727. The lowest BCUT2D eigenvalue weighted by atomic mass is 10.3. The monoisotopic (exact) mass is 256 g/mol. The van der Waals surface area contributed by atoms with Crippen LogP contribution in [0, 0.1) is 0 Å². The van der Waals surface area contributed by atoms with Crippen LogP contribution >= 0.6 is 0 Å². The summed E-state index contributed by atoms with van der Waals surface area (Å²) in [5, 5.41) is 2.52. The number of rotatable bonds is 4. The largest absolute Gasteiger partial charge is 0.345 e. The number of nitrogens with zero attached hydrogens (tertiary/aromatic N) is 1. The molecule has 1 aliphatic carbocycles. The van der Waals surface area contributed by atoms with Crippen molar-refractivity contribution in [2.75, 3.05) is 13.6 Å². The first-order chi connectivity index (χ1) is 8.40. The molecule has 3 amide bonds. The van der Waals surface area contributed by atoms with Crippen molar-refractivity contribution in [2.24, 2.45) is 0 Å². The van der Waals surface area contributed by atoms with Crippen molar-refractivity contribution in [1.82, 2.24) is 21.1 Å². The molecule has 7 heteroatoms. The Kier molecular flexibility index (Phi) is 5.08. The standard InChI is InChI=1S/C11H20N4O3/c1-7(2)15(3)6-9(16)13-14-11(18)10(17)12-8-4-5-8/h7-8H,4-6H2,1-3H3,(H,12,17)(H,13,16)(H,14,18). The molecule has 0 aromatic heterocycles. The predicted molar refractivity (Wildman–Crippen MR) is 65.2 cm³/mol. The van der Waals surface area contributed by atoms with Crippen LogP contribution in [-0.2, 0) is 14.4 Å². The third kappa shape index (κ3) is 5.13. The average Bonchev–Trinajstić information content (AvgIpc) is 3.09. The summed E-state index contributed by atoms with van der Waals surface area (Å²) in [5.74, 6) is -1.92. The zero-order chi connectivity index (χ0) is 13.7. The maximum atomic E-state index is 11.4. The van der Waals surface area contributed by atoms with Gasteiger partial charge >= 0.3 is 11.8 Å². The quantitative estimate of drug-likeness (QED) is 0.433. The Labute approximate surface area is 106 Å². The molecule has 1 aliphatic rings. The summed E-state index contributed by atoms with van der Waals surface area (Å²) in [6.45, 7) is 4.06. The normalized spacial score (nSPS) is 14.5. The molecular formula is C11H20N4O3. The smallest absolute Gasteiger partial charge is 0.327 e. The van der Waals surface area contributed by atoms with Crippen LogP contribution in [0.5, 0.6) is 0 Å². The highest BCUT2D eigenvalue weighted by Gasteiger charge is 2.26. The number of amides is 3. The molecule has 0 aromatic rings. The van der Waals surface area contributed by atoms with E-state index in [1.54, 1.807) is 7.05 Å². The van der Waals surface area contributed by atoms with Gasteiger partial charge in [0.05, 0.1) is 6.54 Å².